The Balaban J connectivity index is 1.67. The lowest BCUT2D eigenvalue weighted by Gasteiger charge is -2.24. The molecule has 0 fully saturated rings. The number of carbonyl (C=O) groups excluding carboxylic acids is 2. The summed E-state index contributed by atoms with van der Waals surface area (Å²) in [4.78, 5) is 36.7. The Morgan fingerprint density at radius 3 is 2.57 bits per heavy atom. The normalized spacial score (nSPS) is 11.4. The van der Waals surface area contributed by atoms with Gasteiger partial charge in [0, 0.05) is 56.0 Å². The van der Waals surface area contributed by atoms with Crippen LogP contribution in [-0.4, -0.2) is 77.9 Å². The van der Waals surface area contributed by atoms with Crippen molar-refractivity contribution >= 4 is 51.9 Å². The topological polar surface area (TPSA) is 141 Å². The summed E-state index contributed by atoms with van der Waals surface area (Å²) in [5.41, 5.74) is 11.4. The SMILES string of the molecule is C=CC(=O)OC(=O)/C=C/c1ccc2c(c1)c(-c1ccnc(Nc3cc(N)c(N(C)CCN(C)C)cc3OC)n1)nn2C(C)C. The van der Waals surface area contributed by atoms with Gasteiger partial charge in [0.1, 0.15) is 11.4 Å². The van der Waals surface area contributed by atoms with Gasteiger partial charge < -0.3 is 30.3 Å². The molecule has 0 aliphatic carbocycles. The highest BCUT2D eigenvalue weighted by Gasteiger charge is 2.18. The Hall–Kier alpha value is -5.23. The summed E-state index contributed by atoms with van der Waals surface area (Å²) in [6.07, 6.45) is 5.34. The van der Waals surface area contributed by atoms with E-state index < -0.39 is 11.9 Å². The maximum absolute atomic E-state index is 12.0. The molecule has 0 amide bonds. The van der Waals surface area contributed by atoms with E-state index in [-0.39, 0.29) is 6.04 Å². The van der Waals surface area contributed by atoms with E-state index in [0.717, 1.165) is 35.8 Å². The molecular formula is C32H38N8O4. The van der Waals surface area contributed by atoms with Crippen LogP contribution in [0.15, 0.2) is 61.3 Å². The number of ether oxygens (including phenoxy) is 2. The Morgan fingerprint density at radius 1 is 1.11 bits per heavy atom. The zero-order valence-electron chi connectivity index (χ0n) is 25.9. The molecule has 0 saturated carbocycles. The smallest absolute Gasteiger partial charge is 0.338 e. The van der Waals surface area contributed by atoms with Gasteiger partial charge >= 0.3 is 11.9 Å². The lowest BCUT2D eigenvalue weighted by Crippen LogP contribution is -2.29. The molecule has 2 aromatic heterocycles. The van der Waals surface area contributed by atoms with E-state index in [2.05, 4.69) is 31.4 Å². The molecule has 3 N–H and O–H groups in total. The molecule has 4 aromatic rings. The van der Waals surface area contributed by atoms with E-state index in [9.17, 15) is 9.59 Å². The van der Waals surface area contributed by atoms with Gasteiger partial charge in [-0.2, -0.15) is 5.10 Å². The summed E-state index contributed by atoms with van der Waals surface area (Å²) in [6, 6.07) is 11.3. The van der Waals surface area contributed by atoms with Crippen molar-refractivity contribution in [3.8, 4) is 17.1 Å². The average Bonchev–Trinajstić information content (AvgIpc) is 3.38. The molecule has 4 rings (SSSR count). The number of benzene rings is 2. The third kappa shape index (κ3) is 7.39. The summed E-state index contributed by atoms with van der Waals surface area (Å²) < 4.78 is 12.2. The van der Waals surface area contributed by atoms with Crippen LogP contribution in [0.1, 0.15) is 25.5 Å². The molecule has 2 heterocycles. The molecule has 0 atom stereocenters. The van der Waals surface area contributed by atoms with Gasteiger partial charge in [-0.05, 0) is 63.8 Å². The minimum atomic E-state index is -0.813. The zero-order chi connectivity index (χ0) is 32.0. The van der Waals surface area contributed by atoms with Crippen LogP contribution in [0.25, 0.3) is 28.4 Å². The molecule has 0 radical (unpaired) electrons. The fourth-order valence-corrected chi connectivity index (χ4v) is 4.51. The number of aromatic nitrogens is 4. The lowest BCUT2D eigenvalue weighted by atomic mass is 10.1. The highest BCUT2D eigenvalue weighted by Crippen LogP contribution is 2.37. The monoisotopic (exact) mass is 598 g/mol. The number of nitrogens with one attached hydrogen (secondary N) is 1. The molecule has 12 nitrogen and oxygen atoms in total. The number of nitrogen functional groups attached to an aromatic ring is 1. The Labute approximate surface area is 256 Å². The molecule has 230 valence electrons. The third-order valence-corrected chi connectivity index (χ3v) is 6.79. The fraction of sp³-hybridized carbons (Fsp3) is 0.281. The van der Waals surface area contributed by atoms with E-state index in [1.807, 2.05) is 70.0 Å². The number of hydrogen-bond donors (Lipinski definition) is 2. The first-order chi connectivity index (χ1) is 21.0. The molecule has 0 bridgehead atoms. The third-order valence-electron chi connectivity index (χ3n) is 6.79. The van der Waals surface area contributed by atoms with Gasteiger partial charge in [-0.25, -0.2) is 19.6 Å². The first-order valence-electron chi connectivity index (χ1n) is 14.0. The molecule has 0 unspecified atom stereocenters. The van der Waals surface area contributed by atoms with Crippen molar-refractivity contribution in [1.29, 1.82) is 0 Å². The van der Waals surface area contributed by atoms with Crippen molar-refractivity contribution in [2.45, 2.75) is 19.9 Å². The van der Waals surface area contributed by atoms with Crippen molar-refractivity contribution < 1.29 is 19.1 Å². The van der Waals surface area contributed by atoms with Crippen LogP contribution in [0.3, 0.4) is 0 Å². The minimum Gasteiger partial charge on any atom is -0.494 e. The molecule has 0 saturated heterocycles. The molecule has 44 heavy (non-hydrogen) atoms. The molecule has 0 aliphatic rings. The predicted molar refractivity (Wildman–Crippen MR) is 174 cm³/mol. The van der Waals surface area contributed by atoms with Gasteiger partial charge in [0.25, 0.3) is 0 Å². The van der Waals surface area contributed by atoms with Crippen LogP contribution in [0.5, 0.6) is 5.75 Å². The standard InChI is InChI=1S/C32H38N8O4/c1-8-29(41)44-30(42)12-10-21-9-11-26-22(17-21)31(37-40(26)20(2)3)24-13-14-34-32(35-24)36-25-18-23(33)27(19-28(25)43-7)39(6)16-15-38(4)5/h8-14,17-20H,1,15-16,33H2,2-7H3,(H,34,35,36)/b12-10+. The minimum absolute atomic E-state index is 0.0774. The van der Waals surface area contributed by atoms with Crippen LogP contribution >= 0.6 is 0 Å². The van der Waals surface area contributed by atoms with Crippen molar-refractivity contribution in [3.05, 3.63) is 66.9 Å². The van der Waals surface area contributed by atoms with Crippen molar-refractivity contribution in [3.63, 3.8) is 0 Å². The number of nitrogens with zero attached hydrogens (tertiary/aromatic N) is 6. The van der Waals surface area contributed by atoms with Gasteiger partial charge in [0.2, 0.25) is 5.95 Å². The lowest BCUT2D eigenvalue weighted by molar-refractivity contribution is -0.152. The van der Waals surface area contributed by atoms with Crippen LogP contribution in [0, 0.1) is 0 Å². The van der Waals surface area contributed by atoms with Crippen molar-refractivity contribution in [2.24, 2.45) is 0 Å². The quantitative estimate of drug-likeness (QED) is 0.102. The van der Waals surface area contributed by atoms with Crippen molar-refractivity contribution in [2.75, 3.05) is 57.3 Å². The van der Waals surface area contributed by atoms with Crippen molar-refractivity contribution in [1.82, 2.24) is 24.6 Å². The summed E-state index contributed by atoms with van der Waals surface area (Å²) >= 11 is 0. The second-order valence-corrected chi connectivity index (χ2v) is 10.7. The van der Waals surface area contributed by atoms with Gasteiger partial charge in [0.05, 0.1) is 35.4 Å². The number of rotatable bonds is 12. The number of nitrogens with two attached hydrogens (primary N) is 1. The van der Waals surface area contributed by atoms with Gasteiger partial charge in [-0.1, -0.05) is 12.6 Å². The first kappa shape index (κ1) is 31.7. The zero-order valence-corrected chi connectivity index (χ0v) is 25.9. The maximum atomic E-state index is 12.0. The molecule has 2 aromatic carbocycles. The molecular weight excluding hydrogens is 560 g/mol. The van der Waals surface area contributed by atoms with Crippen LogP contribution in [0.4, 0.5) is 23.0 Å². The second kappa shape index (κ2) is 13.8. The number of carbonyl (C=O) groups is 2. The van der Waals surface area contributed by atoms with E-state index in [0.29, 0.717) is 40.0 Å². The van der Waals surface area contributed by atoms with Gasteiger partial charge in [-0.15, -0.1) is 0 Å². The van der Waals surface area contributed by atoms with E-state index in [4.69, 9.17) is 20.6 Å². The Kier molecular flexibility index (Phi) is 9.96. The summed E-state index contributed by atoms with van der Waals surface area (Å²) in [6.45, 7) is 9.05. The number of methoxy groups -OCH3 is 1. The highest BCUT2D eigenvalue weighted by atomic mass is 16.6. The highest BCUT2D eigenvalue weighted by molar-refractivity contribution is 5.99. The van der Waals surface area contributed by atoms with Gasteiger partial charge in [0.15, 0.2) is 0 Å². The Morgan fingerprint density at radius 2 is 1.89 bits per heavy atom. The van der Waals surface area contributed by atoms with Crippen LogP contribution in [-0.2, 0) is 14.3 Å². The Bertz CT molecular complexity index is 1710. The first-order valence-corrected chi connectivity index (χ1v) is 14.0. The van der Waals surface area contributed by atoms with E-state index >= 15 is 0 Å². The molecule has 0 aliphatic heterocycles. The average molecular weight is 599 g/mol. The van der Waals surface area contributed by atoms with Gasteiger partial charge in [-0.3, -0.25) is 4.68 Å². The predicted octanol–water partition coefficient (Wildman–Crippen LogP) is 4.68. The number of hydrogen-bond acceptors (Lipinski definition) is 11. The number of esters is 2. The number of anilines is 4. The molecule has 0 spiro atoms. The fourth-order valence-electron chi connectivity index (χ4n) is 4.51. The van der Waals surface area contributed by atoms with Crippen LogP contribution < -0.4 is 20.7 Å². The summed E-state index contributed by atoms with van der Waals surface area (Å²) in [5, 5.41) is 8.95. The largest absolute Gasteiger partial charge is 0.494 e. The van der Waals surface area contributed by atoms with E-state index in [1.54, 1.807) is 25.4 Å². The number of fused-ring (bicyclic) bond motifs is 1. The number of likely N-dealkylation sites (N-methyl/N-ethyl adjacent to an activating group) is 2. The second-order valence-electron chi connectivity index (χ2n) is 10.7. The summed E-state index contributed by atoms with van der Waals surface area (Å²) in [5.74, 6) is -0.665. The van der Waals surface area contributed by atoms with Crippen LogP contribution in [0.2, 0.25) is 0 Å². The van der Waals surface area contributed by atoms with E-state index in [1.165, 1.54) is 6.08 Å². The summed E-state index contributed by atoms with van der Waals surface area (Å²) in [7, 11) is 7.65. The molecule has 12 heteroatoms. The maximum Gasteiger partial charge on any atom is 0.338 e.